The monoisotopic (exact) mass is 180 g/mol. The number of ether oxygens (including phenoxy) is 1. The lowest BCUT2D eigenvalue weighted by Crippen LogP contribution is -2.22. The molecule has 0 aromatic heterocycles. The van der Waals surface area contributed by atoms with E-state index in [2.05, 4.69) is 4.74 Å². The fourth-order valence-electron chi connectivity index (χ4n) is 0.266. The van der Waals surface area contributed by atoms with Crippen molar-refractivity contribution in [2.45, 2.75) is 34.6 Å². The predicted octanol–water partition coefficient (Wildman–Crippen LogP) is 2.80. The standard InChI is InChI=1S/C6H11ClO2.C2H6/c1-6(2,3)5(8)9-4-7;1-2/h4H2,1-3H3;1-2H3. The summed E-state index contributed by atoms with van der Waals surface area (Å²) in [6.07, 6.45) is 0. The molecule has 0 N–H and O–H groups in total. The second kappa shape index (κ2) is 6.47. The van der Waals surface area contributed by atoms with Crippen LogP contribution in [0.3, 0.4) is 0 Å². The van der Waals surface area contributed by atoms with E-state index in [1.54, 1.807) is 20.8 Å². The van der Waals surface area contributed by atoms with E-state index in [-0.39, 0.29) is 12.0 Å². The molecule has 0 aliphatic carbocycles. The van der Waals surface area contributed by atoms with E-state index in [0.717, 1.165) is 0 Å². The van der Waals surface area contributed by atoms with Gasteiger partial charge in [-0.3, -0.25) is 4.79 Å². The number of halogens is 1. The van der Waals surface area contributed by atoms with E-state index in [0.29, 0.717) is 0 Å². The van der Waals surface area contributed by atoms with Crippen molar-refractivity contribution in [1.82, 2.24) is 0 Å². The van der Waals surface area contributed by atoms with Crippen LogP contribution in [0.2, 0.25) is 0 Å². The highest BCUT2D eigenvalue weighted by Gasteiger charge is 2.22. The molecule has 0 saturated carbocycles. The molecule has 0 aromatic carbocycles. The summed E-state index contributed by atoms with van der Waals surface area (Å²) in [5.74, 6) is -0.266. The summed E-state index contributed by atoms with van der Waals surface area (Å²) in [7, 11) is 0. The second-order valence-electron chi connectivity index (χ2n) is 2.79. The maximum Gasteiger partial charge on any atom is 0.312 e. The Balaban J connectivity index is 0. The summed E-state index contributed by atoms with van der Waals surface area (Å²) in [6, 6.07) is -0.0594. The van der Waals surface area contributed by atoms with Crippen LogP contribution in [0.5, 0.6) is 0 Å². The zero-order valence-corrected chi connectivity index (χ0v) is 8.66. The molecule has 0 heterocycles. The van der Waals surface area contributed by atoms with E-state index in [9.17, 15) is 4.79 Å². The lowest BCUT2D eigenvalue weighted by atomic mass is 9.98. The molecule has 11 heavy (non-hydrogen) atoms. The van der Waals surface area contributed by atoms with Gasteiger partial charge in [0.2, 0.25) is 0 Å². The molecule has 0 aliphatic rings. The first-order chi connectivity index (χ1) is 4.98. The third-order valence-electron chi connectivity index (χ3n) is 0.798. The van der Waals surface area contributed by atoms with Gasteiger partial charge in [-0.2, -0.15) is 0 Å². The van der Waals surface area contributed by atoms with Gasteiger partial charge >= 0.3 is 5.97 Å². The highest BCUT2D eigenvalue weighted by Crippen LogP contribution is 2.14. The van der Waals surface area contributed by atoms with Crippen LogP contribution in [0.15, 0.2) is 0 Å². The molecule has 3 heteroatoms. The number of hydrogen-bond donors (Lipinski definition) is 0. The Kier molecular flexibility index (Phi) is 7.85. The van der Waals surface area contributed by atoms with Crippen molar-refractivity contribution in [2.24, 2.45) is 5.41 Å². The van der Waals surface area contributed by atoms with E-state index in [1.165, 1.54) is 0 Å². The minimum Gasteiger partial charge on any atom is -0.449 e. The van der Waals surface area contributed by atoms with Gasteiger partial charge in [-0.05, 0) is 20.8 Å². The number of carbonyl (C=O) groups is 1. The summed E-state index contributed by atoms with van der Waals surface area (Å²) in [5, 5.41) is 0. The fraction of sp³-hybridized carbons (Fsp3) is 0.875. The van der Waals surface area contributed by atoms with Crippen molar-refractivity contribution in [3.8, 4) is 0 Å². The molecule has 0 spiro atoms. The van der Waals surface area contributed by atoms with Crippen LogP contribution in [0.1, 0.15) is 34.6 Å². The minimum absolute atomic E-state index is 0.0594. The Bertz CT molecular complexity index is 105. The van der Waals surface area contributed by atoms with E-state index in [1.807, 2.05) is 13.8 Å². The predicted molar refractivity (Wildman–Crippen MR) is 47.6 cm³/mol. The zero-order valence-electron chi connectivity index (χ0n) is 7.90. The van der Waals surface area contributed by atoms with E-state index < -0.39 is 5.41 Å². The Labute approximate surface area is 73.9 Å². The van der Waals surface area contributed by atoms with Gasteiger partial charge < -0.3 is 4.74 Å². The lowest BCUT2D eigenvalue weighted by molar-refractivity contribution is -0.150. The first-order valence-electron chi connectivity index (χ1n) is 3.71. The minimum atomic E-state index is -0.436. The number of rotatable bonds is 1. The van der Waals surface area contributed by atoms with Crippen LogP contribution >= 0.6 is 11.6 Å². The smallest absolute Gasteiger partial charge is 0.312 e. The zero-order chi connectivity index (χ0) is 9.49. The van der Waals surface area contributed by atoms with Gasteiger partial charge in [0.05, 0.1) is 5.41 Å². The first kappa shape index (κ1) is 13.4. The topological polar surface area (TPSA) is 26.3 Å². The van der Waals surface area contributed by atoms with Crippen LogP contribution in [0.25, 0.3) is 0 Å². The van der Waals surface area contributed by atoms with Crippen LogP contribution in [-0.4, -0.2) is 12.0 Å². The summed E-state index contributed by atoms with van der Waals surface area (Å²) < 4.78 is 4.53. The molecule has 2 nitrogen and oxygen atoms in total. The lowest BCUT2D eigenvalue weighted by Gasteiger charge is -2.14. The van der Waals surface area contributed by atoms with Gasteiger partial charge in [0, 0.05) is 0 Å². The molecule has 0 amide bonds. The van der Waals surface area contributed by atoms with Crippen molar-refractivity contribution >= 4 is 17.6 Å². The van der Waals surface area contributed by atoms with Gasteiger partial charge in [0.1, 0.15) is 0 Å². The van der Waals surface area contributed by atoms with Crippen molar-refractivity contribution in [2.75, 3.05) is 6.07 Å². The Hall–Kier alpha value is -0.240. The quantitative estimate of drug-likeness (QED) is 0.458. The van der Waals surface area contributed by atoms with Crippen molar-refractivity contribution in [3.63, 3.8) is 0 Å². The highest BCUT2D eigenvalue weighted by molar-refractivity contribution is 6.17. The third kappa shape index (κ3) is 7.66. The Morgan fingerprint density at radius 3 is 1.82 bits per heavy atom. The molecule has 0 bridgehead atoms. The second-order valence-corrected chi connectivity index (χ2v) is 3.01. The number of esters is 1. The van der Waals surface area contributed by atoms with Crippen LogP contribution in [0.4, 0.5) is 0 Å². The average molecular weight is 181 g/mol. The molecule has 0 radical (unpaired) electrons. The van der Waals surface area contributed by atoms with E-state index in [4.69, 9.17) is 11.6 Å². The molecule has 0 atom stereocenters. The highest BCUT2D eigenvalue weighted by atomic mass is 35.5. The van der Waals surface area contributed by atoms with Crippen LogP contribution < -0.4 is 0 Å². The largest absolute Gasteiger partial charge is 0.449 e. The van der Waals surface area contributed by atoms with Crippen LogP contribution in [0, 0.1) is 5.41 Å². The summed E-state index contributed by atoms with van der Waals surface area (Å²) >= 11 is 5.16. The molecule has 0 aliphatic heterocycles. The van der Waals surface area contributed by atoms with E-state index >= 15 is 0 Å². The number of carbonyl (C=O) groups excluding carboxylic acids is 1. The normalized spacial score (nSPS) is 9.64. The molecule has 0 saturated heterocycles. The first-order valence-corrected chi connectivity index (χ1v) is 4.25. The van der Waals surface area contributed by atoms with Gasteiger partial charge in [0.25, 0.3) is 0 Å². The SMILES string of the molecule is CC.CC(C)(C)C(=O)OCCl. The van der Waals surface area contributed by atoms with Crippen molar-refractivity contribution < 1.29 is 9.53 Å². The average Bonchev–Trinajstić information content (AvgIpc) is 1.91. The van der Waals surface area contributed by atoms with Crippen molar-refractivity contribution in [1.29, 1.82) is 0 Å². The third-order valence-corrected chi connectivity index (χ3v) is 0.907. The maximum atomic E-state index is 10.8. The fourth-order valence-corrected chi connectivity index (χ4v) is 0.365. The maximum absolute atomic E-state index is 10.8. The van der Waals surface area contributed by atoms with Crippen molar-refractivity contribution in [3.05, 3.63) is 0 Å². The molecule has 0 fully saturated rings. The Morgan fingerprint density at radius 1 is 1.36 bits per heavy atom. The molecular weight excluding hydrogens is 164 g/mol. The molecule has 68 valence electrons. The number of hydrogen-bond acceptors (Lipinski definition) is 2. The summed E-state index contributed by atoms with van der Waals surface area (Å²) in [6.45, 7) is 9.34. The molecule has 0 rings (SSSR count). The molecule has 0 aromatic rings. The van der Waals surface area contributed by atoms with Gasteiger partial charge in [-0.15, -0.1) is 0 Å². The van der Waals surface area contributed by atoms with Gasteiger partial charge in [0.15, 0.2) is 6.07 Å². The summed E-state index contributed by atoms with van der Waals surface area (Å²) in [4.78, 5) is 10.8. The summed E-state index contributed by atoms with van der Waals surface area (Å²) in [5.41, 5.74) is -0.436. The number of alkyl halides is 1. The molecular formula is C8H17ClO2. The molecule has 0 unspecified atom stereocenters. The van der Waals surface area contributed by atoms with Gasteiger partial charge in [-0.1, -0.05) is 25.4 Å². The Morgan fingerprint density at radius 2 is 1.73 bits per heavy atom. The van der Waals surface area contributed by atoms with Gasteiger partial charge in [-0.25, -0.2) is 0 Å². The van der Waals surface area contributed by atoms with Crippen LogP contribution in [-0.2, 0) is 9.53 Å².